The standard InChI is InChI=1S/C14H25FO3/c1-6-18-11(16)10(15)14(17)8-12(2,3)7-13(4,5)9-14/h10,17H,6-9H2,1-5H3. The number of aliphatic hydroxyl groups is 1. The van der Waals surface area contributed by atoms with Crippen LogP contribution in [0.15, 0.2) is 0 Å². The van der Waals surface area contributed by atoms with Crippen molar-refractivity contribution in [1.29, 1.82) is 0 Å². The van der Waals surface area contributed by atoms with Gasteiger partial charge in [0.2, 0.25) is 6.17 Å². The van der Waals surface area contributed by atoms with Gasteiger partial charge in [0.1, 0.15) is 5.60 Å². The van der Waals surface area contributed by atoms with Gasteiger partial charge < -0.3 is 9.84 Å². The molecule has 1 fully saturated rings. The van der Waals surface area contributed by atoms with Crippen molar-refractivity contribution in [3.8, 4) is 0 Å². The van der Waals surface area contributed by atoms with Gasteiger partial charge in [0.05, 0.1) is 6.61 Å². The van der Waals surface area contributed by atoms with Crippen LogP contribution in [0.25, 0.3) is 0 Å². The van der Waals surface area contributed by atoms with Crippen molar-refractivity contribution in [3.05, 3.63) is 0 Å². The van der Waals surface area contributed by atoms with Crippen LogP contribution in [-0.2, 0) is 9.53 Å². The molecule has 0 aromatic carbocycles. The van der Waals surface area contributed by atoms with Crippen LogP contribution in [0.3, 0.4) is 0 Å². The number of hydrogen-bond acceptors (Lipinski definition) is 3. The van der Waals surface area contributed by atoms with Gasteiger partial charge in [-0.15, -0.1) is 0 Å². The maximum atomic E-state index is 14.2. The Balaban J connectivity index is 2.93. The first-order valence-electron chi connectivity index (χ1n) is 6.54. The summed E-state index contributed by atoms with van der Waals surface area (Å²) >= 11 is 0. The van der Waals surface area contributed by atoms with Gasteiger partial charge in [0.15, 0.2) is 0 Å². The van der Waals surface area contributed by atoms with Gasteiger partial charge in [0, 0.05) is 0 Å². The van der Waals surface area contributed by atoms with Crippen LogP contribution in [0.4, 0.5) is 4.39 Å². The topological polar surface area (TPSA) is 46.5 Å². The third-order valence-electron chi connectivity index (χ3n) is 3.49. The zero-order valence-electron chi connectivity index (χ0n) is 12.0. The number of alkyl halides is 1. The smallest absolute Gasteiger partial charge is 0.343 e. The molecular formula is C14H25FO3. The number of ether oxygens (including phenoxy) is 1. The number of carbonyl (C=O) groups is 1. The van der Waals surface area contributed by atoms with Crippen molar-refractivity contribution >= 4 is 5.97 Å². The highest BCUT2D eigenvalue weighted by atomic mass is 19.1. The van der Waals surface area contributed by atoms with E-state index in [1.54, 1.807) is 6.92 Å². The monoisotopic (exact) mass is 260 g/mol. The molecule has 1 atom stereocenters. The predicted molar refractivity (Wildman–Crippen MR) is 67.9 cm³/mol. The molecule has 1 saturated carbocycles. The Morgan fingerprint density at radius 1 is 1.22 bits per heavy atom. The molecule has 3 nitrogen and oxygen atoms in total. The first-order chi connectivity index (χ1) is 8.01. The van der Waals surface area contributed by atoms with E-state index in [2.05, 4.69) is 4.74 Å². The summed E-state index contributed by atoms with van der Waals surface area (Å²) in [6.07, 6.45) is -0.499. The molecule has 1 rings (SSSR count). The molecule has 0 aliphatic heterocycles. The molecule has 0 aromatic heterocycles. The molecule has 0 bridgehead atoms. The van der Waals surface area contributed by atoms with E-state index in [4.69, 9.17) is 0 Å². The zero-order valence-corrected chi connectivity index (χ0v) is 12.0. The predicted octanol–water partition coefficient (Wildman–Crippen LogP) is 2.86. The molecule has 1 aliphatic rings. The first-order valence-corrected chi connectivity index (χ1v) is 6.54. The fourth-order valence-corrected chi connectivity index (χ4v) is 3.75. The largest absolute Gasteiger partial charge is 0.464 e. The highest BCUT2D eigenvalue weighted by Crippen LogP contribution is 2.51. The Hall–Kier alpha value is -0.640. The molecule has 1 aliphatic carbocycles. The summed E-state index contributed by atoms with van der Waals surface area (Å²) in [5, 5.41) is 10.5. The van der Waals surface area contributed by atoms with Crippen molar-refractivity contribution in [2.24, 2.45) is 10.8 Å². The van der Waals surface area contributed by atoms with Gasteiger partial charge in [-0.1, -0.05) is 27.7 Å². The van der Waals surface area contributed by atoms with Crippen LogP contribution in [0.5, 0.6) is 0 Å². The molecule has 0 aromatic rings. The molecule has 0 saturated heterocycles. The Morgan fingerprint density at radius 3 is 2.06 bits per heavy atom. The number of halogens is 1. The number of rotatable bonds is 3. The molecule has 0 radical (unpaired) electrons. The average molecular weight is 260 g/mol. The van der Waals surface area contributed by atoms with Gasteiger partial charge >= 0.3 is 5.97 Å². The number of esters is 1. The summed E-state index contributed by atoms with van der Waals surface area (Å²) in [6, 6.07) is 0. The summed E-state index contributed by atoms with van der Waals surface area (Å²) < 4.78 is 18.9. The molecule has 18 heavy (non-hydrogen) atoms. The minimum absolute atomic E-state index is 0.127. The van der Waals surface area contributed by atoms with Crippen molar-refractivity contribution in [1.82, 2.24) is 0 Å². The van der Waals surface area contributed by atoms with E-state index in [1.807, 2.05) is 27.7 Å². The molecule has 106 valence electrons. The van der Waals surface area contributed by atoms with E-state index < -0.39 is 17.7 Å². The minimum Gasteiger partial charge on any atom is -0.464 e. The highest BCUT2D eigenvalue weighted by molar-refractivity contribution is 5.76. The Morgan fingerprint density at radius 2 is 1.67 bits per heavy atom. The van der Waals surface area contributed by atoms with Gasteiger partial charge in [-0.2, -0.15) is 0 Å². The minimum atomic E-state index is -1.96. The quantitative estimate of drug-likeness (QED) is 0.794. The molecule has 1 unspecified atom stereocenters. The SMILES string of the molecule is CCOC(=O)C(F)C1(O)CC(C)(C)CC(C)(C)C1. The Labute approximate surface area is 109 Å². The number of carbonyl (C=O) groups excluding carboxylic acids is 1. The van der Waals surface area contributed by atoms with Gasteiger partial charge in [-0.25, -0.2) is 9.18 Å². The second kappa shape index (κ2) is 4.80. The fraction of sp³-hybridized carbons (Fsp3) is 0.929. The van der Waals surface area contributed by atoms with E-state index in [1.165, 1.54) is 0 Å². The molecule has 0 heterocycles. The van der Waals surface area contributed by atoms with Crippen LogP contribution >= 0.6 is 0 Å². The fourth-order valence-electron chi connectivity index (χ4n) is 3.75. The Kier molecular flexibility index (Phi) is 4.11. The van der Waals surface area contributed by atoms with Gasteiger partial charge in [-0.05, 0) is 37.0 Å². The Bertz CT molecular complexity index is 307. The van der Waals surface area contributed by atoms with Gasteiger partial charge in [-0.3, -0.25) is 0 Å². The van der Waals surface area contributed by atoms with Crippen molar-refractivity contribution in [3.63, 3.8) is 0 Å². The second-order valence-corrected chi connectivity index (χ2v) is 7.08. The summed E-state index contributed by atoms with van der Waals surface area (Å²) in [5.74, 6) is -0.950. The van der Waals surface area contributed by atoms with Crippen LogP contribution in [0, 0.1) is 10.8 Å². The maximum Gasteiger partial charge on any atom is 0.343 e. The summed E-state index contributed by atoms with van der Waals surface area (Å²) in [4.78, 5) is 11.5. The molecule has 0 amide bonds. The van der Waals surface area contributed by atoms with Crippen molar-refractivity contribution in [2.75, 3.05) is 6.61 Å². The third kappa shape index (κ3) is 3.44. The lowest BCUT2D eigenvalue weighted by Gasteiger charge is -2.49. The van der Waals surface area contributed by atoms with Crippen LogP contribution < -0.4 is 0 Å². The van der Waals surface area contributed by atoms with E-state index in [0.29, 0.717) is 0 Å². The molecular weight excluding hydrogens is 235 g/mol. The lowest BCUT2D eigenvalue weighted by molar-refractivity contribution is -0.174. The van der Waals surface area contributed by atoms with Crippen LogP contribution in [-0.4, -0.2) is 29.5 Å². The summed E-state index contributed by atoms with van der Waals surface area (Å²) in [7, 11) is 0. The maximum absolute atomic E-state index is 14.2. The second-order valence-electron chi connectivity index (χ2n) is 7.08. The van der Waals surface area contributed by atoms with Gasteiger partial charge in [0.25, 0.3) is 0 Å². The molecule has 1 N–H and O–H groups in total. The van der Waals surface area contributed by atoms with Crippen molar-refractivity contribution in [2.45, 2.75) is 65.7 Å². The van der Waals surface area contributed by atoms with Crippen LogP contribution in [0.1, 0.15) is 53.9 Å². The third-order valence-corrected chi connectivity index (χ3v) is 3.49. The number of hydrogen-bond donors (Lipinski definition) is 1. The molecule has 4 heteroatoms. The normalized spacial score (nSPS) is 26.4. The average Bonchev–Trinajstić information content (AvgIpc) is 2.10. The first kappa shape index (κ1) is 15.4. The summed E-state index contributed by atoms with van der Waals surface area (Å²) in [6.45, 7) is 9.74. The molecule has 0 spiro atoms. The summed E-state index contributed by atoms with van der Waals surface area (Å²) in [5.41, 5.74) is -1.99. The highest BCUT2D eigenvalue weighted by Gasteiger charge is 2.53. The van der Waals surface area contributed by atoms with Crippen molar-refractivity contribution < 1.29 is 19.0 Å². The lowest BCUT2D eigenvalue weighted by atomic mass is 9.58. The van der Waals surface area contributed by atoms with E-state index in [9.17, 15) is 14.3 Å². The van der Waals surface area contributed by atoms with Crippen LogP contribution in [0.2, 0.25) is 0 Å². The van der Waals surface area contributed by atoms with E-state index >= 15 is 0 Å². The lowest BCUT2D eigenvalue weighted by Crippen LogP contribution is -2.54. The van der Waals surface area contributed by atoms with E-state index in [-0.39, 0.29) is 30.3 Å². The zero-order chi connectivity index (χ0) is 14.2. The van der Waals surface area contributed by atoms with E-state index in [0.717, 1.165) is 6.42 Å².